The Kier molecular flexibility index (Phi) is 12.7. The van der Waals surface area contributed by atoms with Crippen LogP contribution in [-0.4, -0.2) is 90.1 Å². The minimum absolute atomic E-state index is 0.185. The monoisotopic (exact) mass is 514 g/mol. The normalized spacial score (nSPS) is 16.1. The zero-order valence-electron chi connectivity index (χ0n) is 19.5. The van der Waals surface area contributed by atoms with Gasteiger partial charge in [-0.1, -0.05) is 19.7 Å². The third-order valence-electron chi connectivity index (χ3n) is 4.01. The highest BCUT2D eigenvalue weighted by Gasteiger charge is 2.60. The van der Waals surface area contributed by atoms with Crippen LogP contribution in [0.25, 0.3) is 0 Å². The van der Waals surface area contributed by atoms with Crippen LogP contribution in [0.4, 0.5) is 0 Å². The summed E-state index contributed by atoms with van der Waals surface area (Å²) < 4.78 is 56.6. The smallest absolute Gasteiger partial charge is 0.458 e. The fourth-order valence-electron chi connectivity index (χ4n) is 2.11. The third-order valence-corrected chi connectivity index (χ3v) is 16.9. The van der Waals surface area contributed by atoms with Crippen molar-refractivity contribution in [3.63, 3.8) is 0 Å². The van der Waals surface area contributed by atoms with Crippen LogP contribution in [0.3, 0.4) is 0 Å². The quantitative estimate of drug-likeness (QED) is 0.160. The topological polar surface area (TPSA) is 109 Å². The summed E-state index contributed by atoms with van der Waals surface area (Å²) in [6, 6.07) is 0. The van der Waals surface area contributed by atoms with Gasteiger partial charge in [0, 0.05) is 54.8 Å². The molecule has 0 bridgehead atoms. The highest BCUT2D eigenvalue weighted by molar-refractivity contribution is 6.85. The maximum Gasteiger partial charge on any atom is 0.526 e. The summed E-state index contributed by atoms with van der Waals surface area (Å²) in [5.74, 6) is -0.660. The summed E-state index contributed by atoms with van der Waals surface area (Å²) in [7, 11) is -5.99. The molecule has 15 heteroatoms. The molecule has 0 fully saturated rings. The fraction of sp³-hybridized carbons (Fsp3) is 0.562. The van der Waals surface area contributed by atoms with Gasteiger partial charge in [-0.05, 0) is 18.3 Å². The summed E-state index contributed by atoms with van der Waals surface area (Å²) in [6.45, 7) is 14.1. The van der Waals surface area contributed by atoms with Gasteiger partial charge in [0.15, 0.2) is 6.23 Å². The number of hydrogen-bond acceptors (Lipinski definition) is 11. The molecule has 0 saturated heterocycles. The number of ether oxygens (including phenoxy) is 1. The van der Waals surface area contributed by atoms with E-state index in [0.717, 1.165) is 0 Å². The molecule has 0 aromatic rings. The third kappa shape index (κ3) is 8.24. The van der Waals surface area contributed by atoms with Crippen molar-refractivity contribution in [2.45, 2.75) is 13.5 Å². The van der Waals surface area contributed by atoms with Gasteiger partial charge < -0.3 is 43.6 Å². The number of carbonyl (C=O) groups is 1. The van der Waals surface area contributed by atoms with Gasteiger partial charge in [0.25, 0.3) is 0 Å². The molecule has 0 aromatic heterocycles. The van der Waals surface area contributed by atoms with Crippen LogP contribution in [0, 0.1) is 0 Å². The highest BCUT2D eigenvalue weighted by Crippen LogP contribution is 2.27. The van der Waals surface area contributed by atoms with E-state index in [0.29, 0.717) is 0 Å². The summed E-state index contributed by atoms with van der Waals surface area (Å²) in [5, 5.41) is 0. The largest absolute Gasteiger partial charge is 0.526 e. The van der Waals surface area contributed by atoms with Crippen molar-refractivity contribution in [1.29, 1.82) is 0 Å². The van der Waals surface area contributed by atoms with E-state index in [4.69, 9.17) is 43.6 Å². The van der Waals surface area contributed by atoms with E-state index in [1.54, 1.807) is 6.55 Å². The standard InChI is InChI=1S/C16H34O11Si4/c1-12-29(19-6,20-7)25-28(11,18-5)26-31(23-10,14-24-16(17)15(3)4)27-30(13-2,21-8)22-9/h12-13H,1-3,14H2,4-11H3. The molecular weight excluding hydrogens is 481 g/mol. The van der Waals surface area contributed by atoms with Gasteiger partial charge in [0.1, 0.15) is 0 Å². The zero-order chi connectivity index (χ0) is 24.3. The van der Waals surface area contributed by atoms with Gasteiger partial charge in [-0.15, -0.1) is 0 Å². The van der Waals surface area contributed by atoms with Gasteiger partial charge >= 0.3 is 41.2 Å². The van der Waals surface area contributed by atoms with Crippen molar-refractivity contribution in [3.05, 3.63) is 36.7 Å². The van der Waals surface area contributed by atoms with Crippen LogP contribution in [0.2, 0.25) is 6.55 Å². The Morgan fingerprint density at radius 2 is 1.23 bits per heavy atom. The average molecular weight is 515 g/mol. The second kappa shape index (κ2) is 13.0. The number of rotatable bonds is 17. The van der Waals surface area contributed by atoms with E-state index in [-0.39, 0.29) is 5.57 Å². The van der Waals surface area contributed by atoms with E-state index in [1.165, 1.54) is 61.0 Å². The predicted molar refractivity (Wildman–Crippen MR) is 120 cm³/mol. The minimum Gasteiger partial charge on any atom is -0.458 e. The van der Waals surface area contributed by atoms with E-state index < -0.39 is 47.4 Å². The maximum atomic E-state index is 12.0. The molecule has 31 heavy (non-hydrogen) atoms. The fourth-order valence-corrected chi connectivity index (χ4v) is 14.5. The molecule has 0 saturated carbocycles. The zero-order valence-corrected chi connectivity index (χ0v) is 23.5. The number of esters is 1. The molecule has 11 nitrogen and oxygen atoms in total. The van der Waals surface area contributed by atoms with Crippen LogP contribution in [0.5, 0.6) is 0 Å². The molecule has 2 atom stereocenters. The van der Waals surface area contributed by atoms with Crippen molar-refractivity contribution in [3.8, 4) is 0 Å². The summed E-state index contributed by atoms with van der Waals surface area (Å²) in [6.07, 6.45) is -0.400. The van der Waals surface area contributed by atoms with Gasteiger partial charge in [0.2, 0.25) is 0 Å². The summed E-state index contributed by atoms with van der Waals surface area (Å²) >= 11 is 0. The van der Waals surface area contributed by atoms with Crippen molar-refractivity contribution in [2.75, 3.05) is 48.9 Å². The molecule has 0 spiro atoms. The summed E-state index contributed by atoms with van der Waals surface area (Å²) in [4.78, 5) is 12.0. The van der Waals surface area contributed by atoms with Gasteiger partial charge in [-0.25, -0.2) is 4.79 Å². The maximum absolute atomic E-state index is 12.0. The van der Waals surface area contributed by atoms with Crippen molar-refractivity contribution in [2.24, 2.45) is 0 Å². The Morgan fingerprint density at radius 3 is 1.55 bits per heavy atom. The lowest BCUT2D eigenvalue weighted by Crippen LogP contribution is -2.67. The van der Waals surface area contributed by atoms with Crippen LogP contribution in [0.1, 0.15) is 6.92 Å². The Labute approximate surface area is 188 Å². The molecule has 0 aliphatic rings. The van der Waals surface area contributed by atoms with E-state index in [9.17, 15) is 4.79 Å². The lowest BCUT2D eigenvalue weighted by molar-refractivity contribution is -0.138. The Bertz CT molecular complexity index is 627. The Hall–Kier alpha value is -0.802. The first-order valence-electron chi connectivity index (χ1n) is 8.95. The molecule has 0 N–H and O–H groups in total. The predicted octanol–water partition coefficient (Wildman–Crippen LogP) is 1.41. The molecule has 0 heterocycles. The van der Waals surface area contributed by atoms with Gasteiger partial charge in [-0.2, -0.15) is 0 Å². The van der Waals surface area contributed by atoms with Crippen molar-refractivity contribution in [1.82, 2.24) is 0 Å². The Morgan fingerprint density at radius 1 is 0.774 bits per heavy atom. The van der Waals surface area contributed by atoms with E-state index >= 15 is 0 Å². The first-order valence-corrected chi connectivity index (χ1v) is 16.7. The lowest BCUT2D eigenvalue weighted by Gasteiger charge is -2.40. The van der Waals surface area contributed by atoms with Gasteiger partial charge in [-0.3, -0.25) is 0 Å². The summed E-state index contributed by atoms with van der Waals surface area (Å²) in [5.41, 5.74) is 2.99. The second-order valence-electron chi connectivity index (χ2n) is 6.05. The second-order valence-corrected chi connectivity index (χ2v) is 17.6. The molecule has 0 amide bonds. The van der Waals surface area contributed by atoms with Crippen LogP contribution >= 0.6 is 0 Å². The highest BCUT2D eigenvalue weighted by atomic mass is 28.5. The minimum atomic E-state index is -3.93. The van der Waals surface area contributed by atoms with E-state index in [2.05, 4.69) is 19.7 Å². The molecule has 0 aromatic carbocycles. The van der Waals surface area contributed by atoms with E-state index in [1.807, 2.05) is 0 Å². The Balaban J connectivity index is 6.24. The molecule has 0 rings (SSSR count). The van der Waals surface area contributed by atoms with Crippen molar-refractivity contribution < 1.29 is 48.4 Å². The first kappa shape index (κ1) is 30.2. The SMILES string of the molecule is C=C[Si](OC)(OC)O[Si](C)(OC)O[Si](COC(=O)C(=C)C)(OC)O[Si](C=C)(OC)OC. The van der Waals surface area contributed by atoms with Crippen LogP contribution in [-0.2, 0) is 48.4 Å². The molecular formula is C16H34O11Si4. The molecule has 2 unspecified atom stereocenters. The van der Waals surface area contributed by atoms with Crippen LogP contribution < -0.4 is 0 Å². The number of carbonyl (C=O) groups excluding carboxylic acids is 1. The molecule has 0 aliphatic heterocycles. The van der Waals surface area contributed by atoms with Gasteiger partial charge in [0.05, 0.1) is 0 Å². The first-order chi connectivity index (χ1) is 14.4. The van der Waals surface area contributed by atoms with Crippen molar-refractivity contribution >= 4 is 41.2 Å². The average Bonchev–Trinajstić information content (AvgIpc) is 2.79. The molecule has 180 valence electrons. The molecule has 0 radical (unpaired) electrons. The lowest BCUT2D eigenvalue weighted by atomic mass is 10.4. The number of hydrogen-bond donors (Lipinski definition) is 0. The van der Waals surface area contributed by atoms with Crippen LogP contribution in [0.15, 0.2) is 36.7 Å². The molecule has 0 aliphatic carbocycles.